The van der Waals surface area contributed by atoms with Gasteiger partial charge in [0.2, 0.25) is 5.91 Å². The van der Waals surface area contributed by atoms with E-state index in [0.717, 1.165) is 20.9 Å². The van der Waals surface area contributed by atoms with Gasteiger partial charge < -0.3 is 10.0 Å². The SMILES string of the molecule is CCN(CC)C(=O)Cn1c(=O)n(C)c(=O)c2c(-c3cccc(C(=O)O)c3)n(Cc3cccc4ccccc34)nc21. The van der Waals surface area contributed by atoms with Crippen LogP contribution < -0.4 is 11.2 Å². The quantitative estimate of drug-likeness (QED) is 0.323. The lowest BCUT2D eigenvalue weighted by molar-refractivity contribution is -0.131. The van der Waals surface area contributed by atoms with Gasteiger partial charge in [-0.1, -0.05) is 54.6 Å². The molecule has 3 aromatic carbocycles. The fraction of sp³-hybridized carbons (Fsp3) is 0.233. The number of carbonyl (C=O) groups excluding carboxylic acids is 1. The third kappa shape index (κ3) is 4.57. The normalized spacial score (nSPS) is 11.3. The number of carbonyl (C=O) groups is 2. The summed E-state index contributed by atoms with van der Waals surface area (Å²) < 4.78 is 3.81. The molecule has 0 fully saturated rings. The lowest BCUT2D eigenvalue weighted by Gasteiger charge is -2.19. The Bertz CT molecular complexity index is 1890. The third-order valence-corrected chi connectivity index (χ3v) is 7.22. The van der Waals surface area contributed by atoms with Gasteiger partial charge in [-0.25, -0.2) is 9.59 Å². The van der Waals surface area contributed by atoms with Gasteiger partial charge in [0.15, 0.2) is 5.65 Å². The van der Waals surface area contributed by atoms with Crippen LogP contribution in [0.15, 0.2) is 76.3 Å². The highest BCUT2D eigenvalue weighted by atomic mass is 16.4. The summed E-state index contributed by atoms with van der Waals surface area (Å²) in [4.78, 5) is 53.4. The smallest absolute Gasteiger partial charge is 0.335 e. The predicted octanol–water partition coefficient (Wildman–Crippen LogP) is 3.33. The van der Waals surface area contributed by atoms with Gasteiger partial charge in [-0.05, 0) is 42.3 Å². The molecule has 0 saturated heterocycles. The van der Waals surface area contributed by atoms with Crippen LogP contribution in [0.5, 0.6) is 0 Å². The number of amides is 1. The largest absolute Gasteiger partial charge is 0.478 e. The van der Waals surface area contributed by atoms with E-state index in [0.29, 0.717) is 24.3 Å². The average Bonchev–Trinajstić information content (AvgIpc) is 3.34. The summed E-state index contributed by atoms with van der Waals surface area (Å²) >= 11 is 0. The molecular formula is C30H29N5O5. The van der Waals surface area contributed by atoms with E-state index in [1.54, 1.807) is 21.7 Å². The minimum absolute atomic E-state index is 0.0467. The van der Waals surface area contributed by atoms with Crippen LogP contribution in [-0.2, 0) is 24.9 Å². The molecule has 0 aliphatic carbocycles. The number of carboxylic acids is 1. The van der Waals surface area contributed by atoms with Gasteiger partial charge >= 0.3 is 11.7 Å². The number of fused-ring (bicyclic) bond motifs is 2. The second-order valence-corrected chi connectivity index (χ2v) is 9.53. The molecule has 0 bridgehead atoms. The highest BCUT2D eigenvalue weighted by Gasteiger charge is 2.25. The molecule has 0 spiro atoms. The van der Waals surface area contributed by atoms with Crippen molar-refractivity contribution in [1.82, 2.24) is 23.8 Å². The van der Waals surface area contributed by atoms with Crippen LogP contribution in [0.2, 0.25) is 0 Å². The first-order valence-electron chi connectivity index (χ1n) is 13.0. The average molecular weight is 540 g/mol. The summed E-state index contributed by atoms with van der Waals surface area (Å²) in [5.41, 5.74) is 0.641. The topological polar surface area (TPSA) is 119 Å². The monoisotopic (exact) mass is 539 g/mol. The molecule has 5 rings (SSSR count). The zero-order chi connectivity index (χ0) is 28.6. The maximum Gasteiger partial charge on any atom is 0.335 e. The number of rotatable bonds is 8. The van der Waals surface area contributed by atoms with E-state index in [-0.39, 0.29) is 35.6 Å². The van der Waals surface area contributed by atoms with Crippen molar-refractivity contribution < 1.29 is 14.7 Å². The predicted molar refractivity (Wildman–Crippen MR) is 153 cm³/mol. The highest BCUT2D eigenvalue weighted by Crippen LogP contribution is 2.29. The maximum absolute atomic E-state index is 13.6. The highest BCUT2D eigenvalue weighted by molar-refractivity contribution is 5.95. The van der Waals surface area contributed by atoms with Gasteiger partial charge in [-0.15, -0.1) is 0 Å². The Hall–Kier alpha value is -4.99. The Morgan fingerprint density at radius 3 is 2.38 bits per heavy atom. The molecule has 10 heteroatoms. The molecule has 0 saturated carbocycles. The summed E-state index contributed by atoms with van der Waals surface area (Å²) in [5.74, 6) is -1.38. The first kappa shape index (κ1) is 26.6. The van der Waals surface area contributed by atoms with E-state index in [4.69, 9.17) is 5.10 Å². The van der Waals surface area contributed by atoms with Crippen molar-refractivity contribution in [2.75, 3.05) is 13.1 Å². The van der Waals surface area contributed by atoms with Crippen LogP contribution >= 0.6 is 0 Å². The molecule has 2 aromatic heterocycles. The van der Waals surface area contributed by atoms with Crippen LogP contribution in [0.25, 0.3) is 33.1 Å². The molecule has 204 valence electrons. The maximum atomic E-state index is 13.6. The minimum Gasteiger partial charge on any atom is -0.478 e. The van der Waals surface area contributed by atoms with Gasteiger partial charge in [0.1, 0.15) is 11.9 Å². The fourth-order valence-electron chi connectivity index (χ4n) is 5.11. The first-order valence-corrected chi connectivity index (χ1v) is 13.0. The number of likely N-dealkylation sites (N-methyl/N-ethyl adjacent to an activating group) is 1. The van der Waals surface area contributed by atoms with Gasteiger partial charge in [0.05, 0.1) is 17.8 Å². The van der Waals surface area contributed by atoms with Crippen LogP contribution in [0.1, 0.15) is 29.8 Å². The van der Waals surface area contributed by atoms with Crippen molar-refractivity contribution in [2.45, 2.75) is 26.9 Å². The zero-order valence-corrected chi connectivity index (χ0v) is 22.5. The van der Waals surface area contributed by atoms with E-state index >= 15 is 0 Å². The summed E-state index contributed by atoms with van der Waals surface area (Å²) in [7, 11) is 1.36. The molecule has 1 amide bonds. The van der Waals surface area contributed by atoms with Gasteiger partial charge in [-0.3, -0.25) is 23.4 Å². The number of carboxylic acid groups (broad SMARTS) is 1. The summed E-state index contributed by atoms with van der Waals surface area (Å²) in [6.07, 6.45) is 0. The van der Waals surface area contributed by atoms with Gasteiger partial charge in [0, 0.05) is 25.7 Å². The number of hydrogen-bond acceptors (Lipinski definition) is 5. The van der Waals surface area contributed by atoms with E-state index in [1.807, 2.05) is 56.3 Å². The Kier molecular flexibility index (Phi) is 7.08. The van der Waals surface area contributed by atoms with E-state index in [9.17, 15) is 24.3 Å². The summed E-state index contributed by atoms with van der Waals surface area (Å²) in [5, 5.41) is 16.5. The summed E-state index contributed by atoms with van der Waals surface area (Å²) in [6, 6.07) is 20.0. The van der Waals surface area contributed by atoms with Crippen LogP contribution in [0.4, 0.5) is 0 Å². The Morgan fingerprint density at radius 1 is 0.950 bits per heavy atom. The summed E-state index contributed by atoms with van der Waals surface area (Å²) in [6.45, 7) is 4.61. The molecular weight excluding hydrogens is 510 g/mol. The Morgan fingerprint density at radius 2 is 1.65 bits per heavy atom. The third-order valence-electron chi connectivity index (χ3n) is 7.22. The number of aromatic nitrogens is 4. The Labute approximate surface area is 229 Å². The van der Waals surface area contributed by atoms with Crippen molar-refractivity contribution in [2.24, 2.45) is 7.05 Å². The second-order valence-electron chi connectivity index (χ2n) is 9.53. The van der Waals surface area contributed by atoms with Crippen molar-refractivity contribution in [3.63, 3.8) is 0 Å². The minimum atomic E-state index is -1.11. The van der Waals surface area contributed by atoms with E-state index < -0.39 is 17.2 Å². The molecule has 0 aliphatic heterocycles. The number of aromatic carboxylic acids is 1. The molecule has 10 nitrogen and oxygen atoms in total. The molecule has 40 heavy (non-hydrogen) atoms. The van der Waals surface area contributed by atoms with Crippen molar-refractivity contribution >= 4 is 33.7 Å². The fourth-order valence-corrected chi connectivity index (χ4v) is 5.11. The zero-order valence-electron chi connectivity index (χ0n) is 22.5. The Balaban J connectivity index is 1.82. The van der Waals surface area contributed by atoms with Gasteiger partial charge in [0.25, 0.3) is 5.56 Å². The van der Waals surface area contributed by atoms with Crippen molar-refractivity contribution in [1.29, 1.82) is 0 Å². The molecule has 0 aliphatic rings. The number of nitrogens with zero attached hydrogens (tertiary/aromatic N) is 5. The number of benzene rings is 3. The molecule has 2 heterocycles. The molecule has 1 N–H and O–H groups in total. The molecule has 0 unspecified atom stereocenters. The molecule has 0 radical (unpaired) electrons. The molecule has 5 aromatic rings. The van der Waals surface area contributed by atoms with Crippen LogP contribution in [0.3, 0.4) is 0 Å². The van der Waals surface area contributed by atoms with E-state index in [1.165, 1.54) is 23.7 Å². The van der Waals surface area contributed by atoms with Gasteiger partial charge in [-0.2, -0.15) is 5.10 Å². The van der Waals surface area contributed by atoms with Crippen molar-refractivity contribution in [3.05, 3.63) is 98.7 Å². The van der Waals surface area contributed by atoms with Crippen molar-refractivity contribution in [3.8, 4) is 11.3 Å². The lowest BCUT2D eigenvalue weighted by atomic mass is 10.0. The van der Waals surface area contributed by atoms with E-state index in [2.05, 4.69) is 0 Å². The van der Waals surface area contributed by atoms with Crippen LogP contribution in [-0.4, -0.2) is 53.9 Å². The second kappa shape index (κ2) is 10.6. The molecule has 0 atom stereocenters. The standard InChI is InChI=1S/C30H29N5O5/c1-4-33(5-2)24(36)18-34-27-25(28(37)32(3)30(34)40)26(20-12-9-13-21(16-20)29(38)39)35(31-27)17-22-14-8-11-19-10-6-7-15-23(19)22/h6-16H,4-5,17-18H2,1-3H3,(H,38,39). The number of hydrogen-bond donors (Lipinski definition) is 1. The first-order chi connectivity index (χ1) is 19.2. The van der Waals surface area contributed by atoms with Crippen LogP contribution in [0, 0.1) is 0 Å². The lowest BCUT2D eigenvalue weighted by Crippen LogP contribution is -2.42.